The van der Waals surface area contributed by atoms with Gasteiger partial charge >= 0.3 is 0 Å². The molecule has 1 aromatic rings. The van der Waals surface area contributed by atoms with Gasteiger partial charge in [0.15, 0.2) is 0 Å². The summed E-state index contributed by atoms with van der Waals surface area (Å²) in [6.45, 7) is 2.85. The lowest BCUT2D eigenvalue weighted by Gasteiger charge is -2.49. The van der Waals surface area contributed by atoms with Crippen LogP contribution in [0.5, 0.6) is 0 Å². The third-order valence-corrected chi connectivity index (χ3v) is 5.83. The topological polar surface area (TPSA) is 49.4 Å². The standard InChI is InChI=1S/C20H26F2N2O2/c1-20(19(26)23-13-14-5-3-2-4-6-14)9-10-24(20)18(25)12-15-11-16(21)7-8-17(15)22/h7-8,11,14H,2-6,9-10,12-13H2,1H3,(H,23,26). The van der Waals surface area contributed by atoms with Gasteiger partial charge in [-0.25, -0.2) is 8.78 Å². The van der Waals surface area contributed by atoms with Crippen LogP contribution in [0, 0.1) is 17.6 Å². The van der Waals surface area contributed by atoms with Crippen molar-refractivity contribution in [3.8, 4) is 0 Å². The Morgan fingerprint density at radius 3 is 2.62 bits per heavy atom. The molecule has 3 rings (SSSR count). The number of halogens is 2. The molecule has 1 N–H and O–H groups in total. The molecule has 0 aromatic heterocycles. The summed E-state index contributed by atoms with van der Waals surface area (Å²) in [6, 6.07) is 3.08. The van der Waals surface area contributed by atoms with Gasteiger partial charge in [0.2, 0.25) is 11.8 Å². The summed E-state index contributed by atoms with van der Waals surface area (Å²) in [5.41, 5.74) is -0.873. The lowest BCUT2D eigenvalue weighted by Crippen LogP contribution is -2.67. The Bertz CT molecular complexity index is 688. The van der Waals surface area contributed by atoms with E-state index in [4.69, 9.17) is 0 Å². The van der Waals surface area contributed by atoms with E-state index in [1.165, 1.54) is 24.2 Å². The maximum absolute atomic E-state index is 13.8. The van der Waals surface area contributed by atoms with Crippen molar-refractivity contribution >= 4 is 11.8 Å². The van der Waals surface area contributed by atoms with Gasteiger partial charge in [0, 0.05) is 18.7 Å². The van der Waals surface area contributed by atoms with E-state index in [1.54, 1.807) is 6.92 Å². The van der Waals surface area contributed by atoms with Gasteiger partial charge in [-0.3, -0.25) is 9.59 Å². The first-order chi connectivity index (χ1) is 12.4. The average molecular weight is 364 g/mol. The van der Waals surface area contributed by atoms with Crippen molar-refractivity contribution in [3.63, 3.8) is 0 Å². The number of hydrogen-bond donors (Lipinski definition) is 1. The Kier molecular flexibility index (Phi) is 5.58. The fraction of sp³-hybridized carbons (Fsp3) is 0.600. The highest BCUT2D eigenvalue weighted by Crippen LogP contribution is 2.32. The summed E-state index contributed by atoms with van der Waals surface area (Å²) < 4.78 is 27.1. The molecule has 2 fully saturated rings. The highest BCUT2D eigenvalue weighted by atomic mass is 19.1. The predicted molar refractivity (Wildman–Crippen MR) is 94.4 cm³/mol. The molecule has 1 aromatic carbocycles. The highest BCUT2D eigenvalue weighted by molar-refractivity contribution is 5.93. The van der Waals surface area contributed by atoms with Crippen LogP contribution in [0.1, 0.15) is 51.0 Å². The van der Waals surface area contributed by atoms with Crippen LogP contribution in [0.3, 0.4) is 0 Å². The number of amides is 2. The maximum Gasteiger partial charge on any atom is 0.245 e. The van der Waals surface area contributed by atoms with Crippen LogP contribution >= 0.6 is 0 Å². The number of hydrogen-bond acceptors (Lipinski definition) is 2. The first kappa shape index (κ1) is 18.8. The molecule has 1 heterocycles. The molecule has 1 aliphatic heterocycles. The normalized spacial score (nSPS) is 23.4. The summed E-state index contributed by atoms with van der Waals surface area (Å²) >= 11 is 0. The van der Waals surface area contributed by atoms with E-state index in [9.17, 15) is 18.4 Å². The van der Waals surface area contributed by atoms with Crippen molar-refractivity contribution in [2.45, 2.75) is 57.4 Å². The van der Waals surface area contributed by atoms with Gasteiger partial charge in [0.25, 0.3) is 0 Å². The van der Waals surface area contributed by atoms with E-state index in [-0.39, 0.29) is 23.8 Å². The molecule has 0 radical (unpaired) electrons. The van der Waals surface area contributed by atoms with Crippen molar-refractivity contribution in [1.82, 2.24) is 10.2 Å². The van der Waals surface area contributed by atoms with Crippen molar-refractivity contribution in [2.75, 3.05) is 13.1 Å². The Morgan fingerprint density at radius 1 is 1.23 bits per heavy atom. The van der Waals surface area contributed by atoms with Gasteiger partial charge in [0.1, 0.15) is 17.2 Å². The molecule has 0 bridgehead atoms. The number of nitrogens with zero attached hydrogens (tertiary/aromatic N) is 1. The van der Waals surface area contributed by atoms with Crippen LogP contribution in [0.2, 0.25) is 0 Å². The van der Waals surface area contributed by atoms with Crippen molar-refractivity contribution in [1.29, 1.82) is 0 Å². The number of likely N-dealkylation sites (tertiary alicyclic amines) is 1. The smallest absolute Gasteiger partial charge is 0.245 e. The zero-order valence-electron chi connectivity index (χ0n) is 15.2. The molecule has 26 heavy (non-hydrogen) atoms. The Hall–Kier alpha value is -1.98. The molecule has 6 heteroatoms. The molecule has 4 nitrogen and oxygen atoms in total. The van der Waals surface area contributed by atoms with E-state index in [1.807, 2.05) is 0 Å². The van der Waals surface area contributed by atoms with Crippen LogP contribution < -0.4 is 5.32 Å². The molecule has 1 unspecified atom stereocenters. The summed E-state index contributed by atoms with van der Waals surface area (Å²) in [5, 5.41) is 3.00. The van der Waals surface area contributed by atoms with Gasteiger partial charge in [-0.05, 0) is 50.3 Å². The fourth-order valence-electron chi connectivity index (χ4n) is 3.95. The first-order valence-electron chi connectivity index (χ1n) is 9.43. The van der Waals surface area contributed by atoms with Gasteiger partial charge in [-0.2, -0.15) is 0 Å². The van der Waals surface area contributed by atoms with Crippen LogP contribution in [-0.2, 0) is 16.0 Å². The van der Waals surface area contributed by atoms with E-state index >= 15 is 0 Å². The summed E-state index contributed by atoms with van der Waals surface area (Å²) in [5.74, 6) is -1.17. The number of rotatable bonds is 5. The first-order valence-corrected chi connectivity index (χ1v) is 9.43. The van der Waals surface area contributed by atoms with Gasteiger partial charge < -0.3 is 10.2 Å². The van der Waals surface area contributed by atoms with Crippen molar-refractivity contribution in [3.05, 3.63) is 35.4 Å². The highest BCUT2D eigenvalue weighted by Gasteiger charge is 2.49. The van der Waals surface area contributed by atoms with Crippen molar-refractivity contribution in [2.24, 2.45) is 5.92 Å². The van der Waals surface area contributed by atoms with Gasteiger partial charge in [-0.15, -0.1) is 0 Å². The minimum Gasteiger partial charge on any atom is -0.354 e. The van der Waals surface area contributed by atoms with Crippen LogP contribution in [0.25, 0.3) is 0 Å². The molecule has 1 saturated carbocycles. The number of nitrogens with one attached hydrogen (secondary N) is 1. The summed E-state index contributed by atoms with van der Waals surface area (Å²) in [7, 11) is 0. The summed E-state index contributed by atoms with van der Waals surface area (Å²) in [4.78, 5) is 26.7. The molecule has 2 amide bonds. The molecule has 142 valence electrons. The molecule has 2 aliphatic rings. The molecular formula is C20H26F2N2O2. The molecule has 1 saturated heterocycles. The zero-order chi connectivity index (χ0) is 18.7. The SMILES string of the molecule is CC1(C(=O)NCC2CCCCC2)CCN1C(=O)Cc1cc(F)ccc1F. The van der Waals surface area contributed by atoms with E-state index in [0.717, 1.165) is 31.0 Å². The van der Waals surface area contributed by atoms with Gasteiger partial charge in [0.05, 0.1) is 6.42 Å². The maximum atomic E-state index is 13.8. The molecular weight excluding hydrogens is 338 g/mol. The number of carbonyl (C=O) groups is 2. The third-order valence-electron chi connectivity index (χ3n) is 5.83. The second-order valence-corrected chi connectivity index (χ2v) is 7.70. The van der Waals surface area contributed by atoms with Gasteiger partial charge in [-0.1, -0.05) is 19.3 Å². The number of benzene rings is 1. The lowest BCUT2D eigenvalue weighted by molar-refractivity contribution is -0.157. The van der Waals surface area contributed by atoms with Crippen LogP contribution in [-0.4, -0.2) is 35.3 Å². The summed E-state index contributed by atoms with van der Waals surface area (Å²) in [6.07, 6.45) is 6.30. The fourth-order valence-corrected chi connectivity index (χ4v) is 3.95. The number of carbonyl (C=O) groups excluding carboxylic acids is 2. The molecule has 1 atom stereocenters. The predicted octanol–water partition coefficient (Wildman–Crippen LogP) is 3.19. The van der Waals surface area contributed by atoms with E-state index < -0.39 is 17.2 Å². The van der Waals surface area contributed by atoms with Crippen LogP contribution in [0.4, 0.5) is 8.78 Å². The Labute approximate surface area is 152 Å². The minimum atomic E-state index is -0.893. The Balaban J connectivity index is 1.58. The van der Waals surface area contributed by atoms with Crippen molar-refractivity contribution < 1.29 is 18.4 Å². The van der Waals surface area contributed by atoms with E-state index in [0.29, 0.717) is 25.4 Å². The second-order valence-electron chi connectivity index (χ2n) is 7.70. The minimum absolute atomic E-state index is 0.0202. The third kappa shape index (κ3) is 3.89. The Morgan fingerprint density at radius 2 is 1.96 bits per heavy atom. The molecule has 1 aliphatic carbocycles. The monoisotopic (exact) mass is 364 g/mol. The quantitative estimate of drug-likeness (QED) is 0.872. The largest absolute Gasteiger partial charge is 0.354 e. The van der Waals surface area contributed by atoms with Crippen LogP contribution in [0.15, 0.2) is 18.2 Å². The second kappa shape index (κ2) is 7.72. The lowest BCUT2D eigenvalue weighted by atomic mass is 9.84. The zero-order valence-corrected chi connectivity index (χ0v) is 15.2. The van der Waals surface area contributed by atoms with E-state index in [2.05, 4.69) is 5.32 Å². The molecule has 0 spiro atoms. The average Bonchev–Trinajstić information content (AvgIpc) is 2.62.